The van der Waals surface area contributed by atoms with Crippen LogP contribution < -0.4 is 16.0 Å². The molecule has 0 spiro atoms. The minimum Gasteiger partial charge on any atom is -0.412 e. The van der Waals surface area contributed by atoms with Gasteiger partial charge < -0.3 is 21.0 Å². The van der Waals surface area contributed by atoms with Gasteiger partial charge in [0.1, 0.15) is 11.9 Å². The number of nitrogens with one attached hydrogen (secondary N) is 3. The summed E-state index contributed by atoms with van der Waals surface area (Å²) in [6.45, 7) is 10.8. The Balaban J connectivity index is 0.00000216. The van der Waals surface area contributed by atoms with Crippen LogP contribution in [0.5, 0.6) is 0 Å². The second-order valence-electron chi connectivity index (χ2n) is 10.3. The molecule has 6 nitrogen and oxygen atoms in total. The minimum absolute atomic E-state index is 0. The first-order valence-electron chi connectivity index (χ1n) is 11.7. The Morgan fingerprint density at radius 3 is 2.49 bits per heavy atom. The van der Waals surface area contributed by atoms with Gasteiger partial charge in [-0.15, -0.1) is 0 Å². The van der Waals surface area contributed by atoms with Crippen LogP contribution in [0.1, 0.15) is 53.0 Å². The van der Waals surface area contributed by atoms with Crippen molar-refractivity contribution in [3.05, 3.63) is 69.5 Å². The molecule has 0 bridgehead atoms. The SMILES string of the molecule is C.CC(C)[C@@H](NC1=C2C=CC(Cl)=CC2NCN1)C(=O)N1CCC(c2ccc(Cl)cc2)C(C)(C)C1.O. The molecule has 35 heavy (non-hydrogen) atoms. The van der Waals surface area contributed by atoms with Crippen molar-refractivity contribution < 1.29 is 10.3 Å². The number of likely N-dealkylation sites (tertiary alicyclic amines) is 1. The zero-order valence-electron chi connectivity index (χ0n) is 20.3. The number of halogens is 2. The van der Waals surface area contributed by atoms with E-state index in [2.05, 4.69) is 55.8 Å². The Morgan fingerprint density at radius 2 is 1.86 bits per heavy atom. The van der Waals surface area contributed by atoms with Gasteiger partial charge in [-0.05, 0) is 53.5 Å². The Morgan fingerprint density at radius 1 is 1.17 bits per heavy atom. The average molecular weight is 524 g/mol. The summed E-state index contributed by atoms with van der Waals surface area (Å²) >= 11 is 12.3. The van der Waals surface area contributed by atoms with Crippen molar-refractivity contribution in [1.29, 1.82) is 0 Å². The topological polar surface area (TPSA) is 87.9 Å². The molecule has 4 rings (SSSR count). The number of carbonyl (C=O) groups excluding carboxylic acids is 1. The van der Waals surface area contributed by atoms with E-state index in [1.54, 1.807) is 0 Å². The fourth-order valence-corrected chi connectivity index (χ4v) is 5.51. The van der Waals surface area contributed by atoms with Crippen LogP contribution in [-0.2, 0) is 4.79 Å². The molecule has 0 radical (unpaired) electrons. The number of benzene rings is 1. The molecule has 3 aliphatic rings. The van der Waals surface area contributed by atoms with Crippen molar-refractivity contribution in [2.75, 3.05) is 19.8 Å². The molecular formula is C27H40Cl2N4O2. The number of piperidine rings is 1. The van der Waals surface area contributed by atoms with Gasteiger partial charge >= 0.3 is 0 Å². The van der Waals surface area contributed by atoms with Gasteiger partial charge in [-0.1, -0.05) is 76.5 Å². The summed E-state index contributed by atoms with van der Waals surface area (Å²) < 4.78 is 0. The number of carbonyl (C=O) groups is 1. The second kappa shape index (κ2) is 11.8. The van der Waals surface area contributed by atoms with Gasteiger partial charge in [-0.25, -0.2) is 0 Å². The smallest absolute Gasteiger partial charge is 0.245 e. The quantitative estimate of drug-likeness (QED) is 0.529. The number of amides is 1. The average Bonchev–Trinajstić information content (AvgIpc) is 2.76. The van der Waals surface area contributed by atoms with Crippen molar-refractivity contribution in [3.8, 4) is 0 Å². The molecule has 0 aromatic heterocycles. The lowest BCUT2D eigenvalue weighted by Crippen LogP contribution is -2.57. The van der Waals surface area contributed by atoms with E-state index >= 15 is 0 Å². The maximum absolute atomic E-state index is 13.7. The molecule has 1 saturated heterocycles. The standard InChI is InChI=1S/C26H34Cl2N4O.CH4.H2O/c1-16(2)23(31-24-20-10-9-19(28)13-22(20)29-15-30-24)25(33)32-12-11-21(26(3,4)14-32)17-5-7-18(27)8-6-17;;/h5-10,13,16,21-23,29-31H,11-12,14-15H2,1-4H3;1H4;1H2/t21?,22?,23-;;/m1../s1. The number of allylic oxidation sites excluding steroid dienone is 2. The predicted molar refractivity (Wildman–Crippen MR) is 146 cm³/mol. The summed E-state index contributed by atoms with van der Waals surface area (Å²) in [6.07, 6.45) is 6.84. The van der Waals surface area contributed by atoms with Gasteiger partial charge in [-0.3, -0.25) is 10.1 Å². The lowest BCUT2D eigenvalue weighted by atomic mass is 9.70. The summed E-state index contributed by atoms with van der Waals surface area (Å²) in [7, 11) is 0. The highest BCUT2D eigenvalue weighted by Crippen LogP contribution is 2.42. The molecular weight excluding hydrogens is 483 g/mol. The van der Waals surface area contributed by atoms with Gasteiger partial charge in [-0.2, -0.15) is 0 Å². The highest BCUT2D eigenvalue weighted by atomic mass is 35.5. The Labute approximate surface area is 220 Å². The van der Waals surface area contributed by atoms with E-state index < -0.39 is 0 Å². The fourth-order valence-electron chi connectivity index (χ4n) is 5.19. The Kier molecular flexibility index (Phi) is 9.88. The van der Waals surface area contributed by atoms with Crippen molar-refractivity contribution in [1.82, 2.24) is 20.9 Å². The number of rotatable bonds is 5. The number of nitrogens with zero attached hydrogens (tertiary/aromatic N) is 1. The zero-order valence-corrected chi connectivity index (χ0v) is 21.8. The van der Waals surface area contributed by atoms with E-state index in [4.69, 9.17) is 23.2 Å². The molecule has 1 aromatic carbocycles. The first-order chi connectivity index (χ1) is 15.7. The van der Waals surface area contributed by atoms with Crippen molar-refractivity contribution >= 4 is 29.1 Å². The van der Waals surface area contributed by atoms with Crippen LogP contribution in [0.4, 0.5) is 0 Å². The highest BCUT2D eigenvalue weighted by molar-refractivity contribution is 6.31. The normalized spacial score (nSPS) is 23.9. The number of hydrogen-bond acceptors (Lipinski definition) is 4. The molecule has 5 N–H and O–H groups in total. The molecule has 194 valence electrons. The van der Waals surface area contributed by atoms with Gasteiger partial charge in [0.25, 0.3) is 0 Å². The first-order valence-corrected chi connectivity index (χ1v) is 12.5. The zero-order chi connectivity index (χ0) is 23.8. The maximum atomic E-state index is 13.7. The van der Waals surface area contributed by atoms with E-state index in [1.807, 2.05) is 35.3 Å². The Hall–Kier alpha value is -1.99. The molecule has 2 unspecified atom stereocenters. The summed E-state index contributed by atoms with van der Waals surface area (Å²) in [4.78, 5) is 15.8. The molecule has 1 fully saturated rings. The molecule has 0 saturated carbocycles. The number of hydrogen-bond donors (Lipinski definition) is 3. The summed E-state index contributed by atoms with van der Waals surface area (Å²) in [6, 6.07) is 7.89. The number of fused-ring (bicyclic) bond motifs is 1. The van der Waals surface area contributed by atoms with Crippen molar-refractivity contribution in [2.24, 2.45) is 11.3 Å². The molecule has 1 amide bonds. The van der Waals surface area contributed by atoms with Crippen LogP contribution in [0.2, 0.25) is 5.02 Å². The first kappa shape index (κ1) is 29.2. The van der Waals surface area contributed by atoms with Gasteiger partial charge in [0, 0.05) is 28.7 Å². The lowest BCUT2D eigenvalue weighted by Gasteiger charge is -2.46. The second-order valence-corrected chi connectivity index (χ2v) is 11.1. The minimum atomic E-state index is -0.309. The summed E-state index contributed by atoms with van der Waals surface area (Å²) in [5.41, 5.74) is 2.34. The summed E-state index contributed by atoms with van der Waals surface area (Å²) in [5, 5.41) is 11.8. The van der Waals surface area contributed by atoms with Crippen LogP contribution in [0.3, 0.4) is 0 Å². The van der Waals surface area contributed by atoms with Crippen LogP contribution in [-0.4, -0.2) is 48.1 Å². The molecule has 3 atom stereocenters. The predicted octanol–water partition coefficient (Wildman–Crippen LogP) is 4.53. The van der Waals surface area contributed by atoms with E-state index in [-0.39, 0.29) is 42.2 Å². The third kappa shape index (κ3) is 6.42. The third-order valence-electron chi connectivity index (χ3n) is 7.00. The highest BCUT2D eigenvalue weighted by Gasteiger charge is 2.40. The molecule has 2 aliphatic heterocycles. The van der Waals surface area contributed by atoms with Crippen molar-refractivity contribution in [3.63, 3.8) is 0 Å². The fraction of sp³-hybridized carbons (Fsp3) is 0.519. The largest absolute Gasteiger partial charge is 0.412 e. The van der Waals surface area contributed by atoms with Gasteiger partial charge in [0.05, 0.1) is 12.7 Å². The molecule has 8 heteroatoms. The van der Waals surface area contributed by atoms with Crippen LogP contribution >= 0.6 is 23.2 Å². The van der Waals surface area contributed by atoms with Gasteiger partial charge in [0.2, 0.25) is 5.91 Å². The maximum Gasteiger partial charge on any atom is 0.245 e. The van der Waals surface area contributed by atoms with Crippen LogP contribution in [0.15, 0.2) is 58.9 Å². The van der Waals surface area contributed by atoms with Crippen LogP contribution in [0, 0.1) is 11.3 Å². The van der Waals surface area contributed by atoms with E-state index in [9.17, 15) is 4.79 Å². The molecule has 1 aromatic rings. The monoisotopic (exact) mass is 522 g/mol. The van der Waals surface area contributed by atoms with Crippen molar-refractivity contribution in [2.45, 2.75) is 59.5 Å². The third-order valence-corrected chi connectivity index (χ3v) is 7.51. The lowest BCUT2D eigenvalue weighted by molar-refractivity contribution is -0.138. The summed E-state index contributed by atoms with van der Waals surface area (Å²) in [5.74, 6) is 1.60. The molecule has 1 aliphatic carbocycles. The molecule has 2 heterocycles. The van der Waals surface area contributed by atoms with E-state index in [1.165, 1.54) is 5.56 Å². The Bertz CT molecular complexity index is 985. The van der Waals surface area contributed by atoms with E-state index in [0.717, 1.165) is 41.0 Å². The van der Waals surface area contributed by atoms with E-state index in [0.29, 0.717) is 12.6 Å². The van der Waals surface area contributed by atoms with Crippen LogP contribution in [0.25, 0.3) is 0 Å². The van der Waals surface area contributed by atoms with Gasteiger partial charge in [0.15, 0.2) is 0 Å².